The Kier molecular flexibility index (Phi) is 6.45. The third-order valence-corrected chi connectivity index (χ3v) is 2.84. The van der Waals surface area contributed by atoms with E-state index in [0.29, 0.717) is 18.8 Å². The van der Waals surface area contributed by atoms with E-state index in [1.807, 2.05) is 0 Å². The van der Waals surface area contributed by atoms with E-state index in [9.17, 15) is 14.9 Å². The number of nitrogens with one attached hydrogen (secondary N) is 1. The van der Waals surface area contributed by atoms with Gasteiger partial charge >= 0.3 is 0 Å². The van der Waals surface area contributed by atoms with Crippen molar-refractivity contribution < 1.29 is 14.5 Å². The summed E-state index contributed by atoms with van der Waals surface area (Å²) >= 11 is 0. The molecule has 0 aliphatic heterocycles. The van der Waals surface area contributed by atoms with Crippen LogP contribution in [0.4, 0.5) is 5.69 Å². The predicted molar refractivity (Wildman–Crippen MR) is 74.1 cm³/mol. The molecule has 1 amide bonds. The molecular weight excluding hydrogens is 262 g/mol. The van der Waals surface area contributed by atoms with Crippen LogP contribution in [0, 0.1) is 17.0 Å². The van der Waals surface area contributed by atoms with Crippen molar-refractivity contribution in [3.8, 4) is 5.75 Å². The summed E-state index contributed by atoms with van der Waals surface area (Å²) < 4.78 is 5.56. The first kappa shape index (κ1) is 15.9. The number of rotatable bonds is 8. The lowest BCUT2D eigenvalue weighted by atomic mass is 10.2. The molecule has 1 rings (SSSR count). The van der Waals surface area contributed by atoms with E-state index in [4.69, 9.17) is 10.6 Å². The van der Waals surface area contributed by atoms with Crippen LogP contribution < -0.4 is 16.0 Å². The van der Waals surface area contributed by atoms with Gasteiger partial charge in [-0.3, -0.25) is 20.3 Å². The number of aryl methyl sites for hydroxylation is 1. The van der Waals surface area contributed by atoms with Gasteiger partial charge in [0.2, 0.25) is 5.91 Å². The quantitative estimate of drug-likeness (QED) is 0.248. The van der Waals surface area contributed by atoms with Crippen molar-refractivity contribution >= 4 is 11.6 Å². The molecule has 0 fully saturated rings. The zero-order valence-corrected chi connectivity index (χ0v) is 11.4. The Morgan fingerprint density at radius 3 is 2.75 bits per heavy atom. The molecule has 0 heterocycles. The fourth-order valence-corrected chi connectivity index (χ4v) is 1.73. The highest BCUT2D eigenvalue weighted by molar-refractivity contribution is 5.75. The van der Waals surface area contributed by atoms with Crippen molar-refractivity contribution in [2.45, 2.75) is 32.6 Å². The Hall–Kier alpha value is -2.15. The molecule has 7 heteroatoms. The molecule has 3 N–H and O–H groups in total. The Balaban J connectivity index is 2.29. The lowest BCUT2D eigenvalue weighted by Gasteiger charge is -2.08. The molecular formula is C13H19N3O4. The minimum absolute atomic E-state index is 0.0580. The monoisotopic (exact) mass is 281 g/mol. The molecule has 110 valence electrons. The lowest BCUT2D eigenvalue weighted by Crippen LogP contribution is -2.29. The van der Waals surface area contributed by atoms with Crippen LogP contribution in [-0.4, -0.2) is 17.4 Å². The second kappa shape index (κ2) is 8.11. The Morgan fingerprint density at radius 2 is 2.15 bits per heavy atom. The summed E-state index contributed by atoms with van der Waals surface area (Å²) in [5, 5.41) is 10.6. The normalized spacial score (nSPS) is 10.1. The molecule has 0 spiro atoms. The minimum Gasteiger partial charge on any atom is -0.493 e. The van der Waals surface area contributed by atoms with E-state index in [-0.39, 0.29) is 11.6 Å². The molecule has 1 aromatic carbocycles. The second-order valence-corrected chi connectivity index (χ2v) is 4.43. The zero-order valence-electron chi connectivity index (χ0n) is 11.4. The van der Waals surface area contributed by atoms with E-state index in [1.54, 1.807) is 13.0 Å². The van der Waals surface area contributed by atoms with Crippen molar-refractivity contribution in [3.05, 3.63) is 33.9 Å². The molecule has 0 bridgehead atoms. The number of hydrogen-bond acceptors (Lipinski definition) is 5. The smallest absolute Gasteiger partial charge is 0.269 e. The summed E-state index contributed by atoms with van der Waals surface area (Å²) in [5.41, 5.74) is 2.87. The van der Waals surface area contributed by atoms with Crippen LogP contribution >= 0.6 is 0 Å². The van der Waals surface area contributed by atoms with Gasteiger partial charge in [0.15, 0.2) is 0 Å². The van der Waals surface area contributed by atoms with Crippen molar-refractivity contribution in [2.75, 3.05) is 6.61 Å². The van der Waals surface area contributed by atoms with Crippen LogP contribution in [0.1, 0.15) is 31.2 Å². The molecule has 0 radical (unpaired) electrons. The number of nitrogens with two attached hydrogens (primary N) is 1. The number of non-ortho nitro benzene ring substituents is 1. The van der Waals surface area contributed by atoms with Crippen LogP contribution in [0.5, 0.6) is 5.75 Å². The van der Waals surface area contributed by atoms with Gasteiger partial charge in [0.1, 0.15) is 5.75 Å². The van der Waals surface area contributed by atoms with E-state index < -0.39 is 4.92 Å². The Bertz CT molecular complexity index is 477. The highest BCUT2D eigenvalue weighted by Crippen LogP contribution is 2.23. The van der Waals surface area contributed by atoms with Crippen LogP contribution in [0.15, 0.2) is 18.2 Å². The number of ether oxygens (including phenoxy) is 1. The lowest BCUT2D eigenvalue weighted by molar-refractivity contribution is -0.384. The first-order valence-electron chi connectivity index (χ1n) is 6.42. The molecule has 0 saturated heterocycles. The van der Waals surface area contributed by atoms with Gasteiger partial charge in [-0.2, -0.15) is 0 Å². The molecule has 1 aromatic rings. The van der Waals surface area contributed by atoms with Crippen molar-refractivity contribution in [3.63, 3.8) is 0 Å². The SMILES string of the molecule is Cc1cc([N+](=O)[O-])ccc1OCCCCCC(=O)NN. The number of carbonyl (C=O) groups is 1. The van der Waals surface area contributed by atoms with E-state index >= 15 is 0 Å². The maximum Gasteiger partial charge on any atom is 0.269 e. The average molecular weight is 281 g/mol. The summed E-state index contributed by atoms with van der Waals surface area (Å²) in [6, 6.07) is 4.52. The minimum atomic E-state index is -0.431. The van der Waals surface area contributed by atoms with Crippen molar-refractivity contribution in [1.29, 1.82) is 0 Å². The van der Waals surface area contributed by atoms with Crippen LogP contribution in [0.2, 0.25) is 0 Å². The number of carbonyl (C=O) groups excluding carboxylic acids is 1. The summed E-state index contributed by atoms with van der Waals surface area (Å²) in [6.07, 6.45) is 2.84. The number of unbranched alkanes of at least 4 members (excludes halogenated alkanes) is 2. The van der Waals surface area contributed by atoms with Gasteiger partial charge in [0.25, 0.3) is 5.69 Å². The fraction of sp³-hybridized carbons (Fsp3) is 0.462. The number of benzene rings is 1. The highest BCUT2D eigenvalue weighted by atomic mass is 16.6. The van der Waals surface area contributed by atoms with Gasteiger partial charge < -0.3 is 4.74 Å². The van der Waals surface area contributed by atoms with E-state index in [1.165, 1.54) is 12.1 Å². The maximum atomic E-state index is 10.9. The van der Waals surface area contributed by atoms with Crippen LogP contribution in [-0.2, 0) is 4.79 Å². The highest BCUT2D eigenvalue weighted by Gasteiger charge is 2.08. The summed E-state index contributed by atoms with van der Waals surface area (Å²) in [6.45, 7) is 2.29. The summed E-state index contributed by atoms with van der Waals surface area (Å²) in [7, 11) is 0. The Labute approximate surface area is 117 Å². The number of nitrogens with zero attached hydrogens (tertiary/aromatic N) is 1. The number of hydrazine groups is 1. The van der Waals surface area contributed by atoms with Crippen molar-refractivity contribution in [1.82, 2.24) is 5.43 Å². The summed E-state index contributed by atoms with van der Waals surface area (Å²) in [5.74, 6) is 5.45. The van der Waals surface area contributed by atoms with Gasteiger partial charge in [0, 0.05) is 18.6 Å². The molecule has 0 aromatic heterocycles. The standard InChI is InChI=1S/C13H19N3O4/c1-10-9-11(16(18)19)6-7-12(10)20-8-4-2-3-5-13(17)15-14/h6-7,9H,2-5,8,14H2,1H3,(H,15,17). The first-order valence-corrected chi connectivity index (χ1v) is 6.42. The molecule has 20 heavy (non-hydrogen) atoms. The van der Waals surface area contributed by atoms with Crippen LogP contribution in [0.3, 0.4) is 0 Å². The number of nitro benzene ring substituents is 1. The third-order valence-electron chi connectivity index (χ3n) is 2.84. The van der Waals surface area contributed by atoms with Gasteiger partial charge in [-0.15, -0.1) is 0 Å². The predicted octanol–water partition coefficient (Wildman–Crippen LogP) is 1.83. The number of hydrogen-bond donors (Lipinski definition) is 2. The molecule has 0 aliphatic rings. The zero-order chi connectivity index (χ0) is 15.0. The Morgan fingerprint density at radius 1 is 1.40 bits per heavy atom. The third kappa shape index (κ3) is 5.23. The number of amides is 1. The van der Waals surface area contributed by atoms with E-state index in [2.05, 4.69) is 5.43 Å². The first-order chi connectivity index (χ1) is 9.54. The molecule has 0 atom stereocenters. The van der Waals surface area contributed by atoms with Gasteiger partial charge in [-0.1, -0.05) is 0 Å². The molecule has 0 aliphatic carbocycles. The second-order valence-electron chi connectivity index (χ2n) is 4.43. The van der Waals surface area contributed by atoms with Gasteiger partial charge in [0.05, 0.1) is 11.5 Å². The average Bonchev–Trinajstić information content (AvgIpc) is 2.43. The number of nitro groups is 1. The van der Waals surface area contributed by atoms with Crippen molar-refractivity contribution in [2.24, 2.45) is 5.84 Å². The van der Waals surface area contributed by atoms with Gasteiger partial charge in [-0.05, 0) is 37.8 Å². The molecule has 0 unspecified atom stereocenters. The van der Waals surface area contributed by atoms with E-state index in [0.717, 1.165) is 24.8 Å². The van der Waals surface area contributed by atoms with Crippen LogP contribution in [0.25, 0.3) is 0 Å². The molecule has 7 nitrogen and oxygen atoms in total. The summed E-state index contributed by atoms with van der Waals surface area (Å²) in [4.78, 5) is 21.0. The molecule has 0 saturated carbocycles. The topological polar surface area (TPSA) is 107 Å². The largest absolute Gasteiger partial charge is 0.493 e. The maximum absolute atomic E-state index is 10.9. The fourth-order valence-electron chi connectivity index (χ4n) is 1.73. The van der Waals surface area contributed by atoms with Gasteiger partial charge in [-0.25, -0.2) is 5.84 Å².